The van der Waals surface area contributed by atoms with Gasteiger partial charge in [0.05, 0.1) is 36.7 Å². The Morgan fingerprint density at radius 1 is 1.19 bits per heavy atom. The molecular weight excluding hydrogens is 475 g/mol. The highest BCUT2D eigenvalue weighted by molar-refractivity contribution is 6.00. The van der Waals surface area contributed by atoms with Gasteiger partial charge in [-0.15, -0.1) is 0 Å². The van der Waals surface area contributed by atoms with Crippen LogP contribution in [0.2, 0.25) is 0 Å². The predicted octanol–water partition coefficient (Wildman–Crippen LogP) is 3.90. The summed E-state index contributed by atoms with van der Waals surface area (Å²) in [6.07, 6.45) is 4.24. The summed E-state index contributed by atoms with van der Waals surface area (Å²) in [6.45, 7) is 5.20. The summed E-state index contributed by atoms with van der Waals surface area (Å²) in [5.74, 6) is 0.268. The number of anilines is 4. The van der Waals surface area contributed by atoms with Crippen LogP contribution in [-0.4, -0.2) is 58.4 Å². The van der Waals surface area contributed by atoms with Crippen LogP contribution >= 0.6 is 0 Å². The SMILES string of the molecule is C=CC(=O)Nc1cccc(-c2c(F)ccc3cnc(Nc4ccc(N5CCO[C@@H](CO)C5)nc4)nc23)c1. The molecule has 1 aliphatic heterocycles. The van der Waals surface area contributed by atoms with Crippen molar-refractivity contribution in [3.63, 3.8) is 0 Å². The molecule has 0 spiro atoms. The summed E-state index contributed by atoms with van der Waals surface area (Å²) in [6, 6.07) is 13.6. The molecular formula is C27H25FN6O3. The summed E-state index contributed by atoms with van der Waals surface area (Å²) in [5.41, 5.74) is 2.48. The molecule has 2 aromatic heterocycles. The zero-order chi connectivity index (χ0) is 25.8. The van der Waals surface area contributed by atoms with Gasteiger partial charge in [-0.3, -0.25) is 4.79 Å². The number of nitrogens with zero attached hydrogens (tertiary/aromatic N) is 4. The Labute approximate surface area is 212 Å². The van der Waals surface area contributed by atoms with Crippen LogP contribution < -0.4 is 15.5 Å². The van der Waals surface area contributed by atoms with Crippen LogP contribution in [0, 0.1) is 5.82 Å². The van der Waals surface area contributed by atoms with E-state index in [9.17, 15) is 9.90 Å². The molecule has 1 fully saturated rings. The van der Waals surface area contributed by atoms with Gasteiger partial charge in [-0.1, -0.05) is 18.7 Å². The fourth-order valence-corrected chi connectivity index (χ4v) is 4.17. The minimum absolute atomic E-state index is 0.0359. The first-order chi connectivity index (χ1) is 18.0. The van der Waals surface area contributed by atoms with Crippen LogP contribution in [0.5, 0.6) is 0 Å². The molecule has 0 aliphatic carbocycles. The van der Waals surface area contributed by atoms with E-state index in [0.717, 1.165) is 5.82 Å². The van der Waals surface area contributed by atoms with Crippen LogP contribution in [0.15, 0.2) is 73.6 Å². The molecule has 5 rings (SSSR count). The molecule has 1 aliphatic rings. The lowest BCUT2D eigenvalue weighted by Gasteiger charge is -2.32. The van der Waals surface area contributed by atoms with E-state index < -0.39 is 5.82 Å². The van der Waals surface area contributed by atoms with E-state index in [2.05, 4.69) is 37.1 Å². The second kappa shape index (κ2) is 10.7. The van der Waals surface area contributed by atoms with Gasteiger partial charge in [-0.25, -0.2) is 19.3 Å². The number of aliphatic hydroxyl groups excluding tert-OH is 1. The van der Waals surface area contributed by atoms with Crippen LogP contribution in [0.3, 0.4) is 0 Å². The van der Waals surface area contributed by atoms with E-state index in [-0.39, 0.29) is 24.6 Å². The lowest BCUT2D eigenvalue weighted by atomic mass is 10.0. The van der Waals surface area contributed by atoms with Crippen molar-refractivity contribution in [3.8, 4) is 11.1 Å². The molecule has 0 unspecified atom stereocenters. The number of morpholine rings is 1. The lowest BCUT2D eigenvalue weighted by Crippen LogP contribution is -2.44. The van der Waals surface area contributed by atoms with Gasteiger partial charge in [0.15, 0.2) is 0 Å². The number of nitrogens with one attached hydrogen (secondary N) is 2. The molecule has 0 bridgehead atoms. The topological polar surface area (TPSA) is 113 Å². The maximum atomic E-state index is 15.1. The number of halogens is 1. The standard InChI is InChI=1S/C27H25FN6O3/c1-2-24(36)31-19-5-3-4-17(12-19)25-22(28)8-6-18-13-30-27(33-26(18)25)32-20-7-9-23(29-14-20)34-10-11-37-21(15-34)16-35/h2-9,12-14,21,35H,1,10-11,15-16H2,(H,31,36)(H,30,32,33)/t21-/m1/s1. The van der Waals surface area contributed by atoms with E-state index in [1.54, 1.807) is 42.7 Å². The van der Waals surface area contributed by atoms with Gasteiger partial charge >= 0.3 is 0 Å². The van der Waals surface area contributed by atoms with Crippen molar-refractivity contribution in [1.29, 1.82) is 0 Å². The smallest absolute Gasteiger partial charge is 0.247 e. The van der Waals surface area contributed by atoms with Crippen molar-refractivity contribution >= 4 is 40.0 Å². The van der Waals surface area contributed by atoms with Crippen LogP contribution in [0.1, 0.15) is 0 Å². The van der Waals surface area contributed by atoms with E-state index >= 15 is 4.39 Å². The van der Waals surface area contributed by atoms with E-state index in [1.807, 2.05) is 12.1 Å². The predicted molar refractivity (Wildman–Crippen MR) is 140 cm³/mol. The number of benzene rings is 2. The van der Waals surface area contributed by atoms with Gasteiger partial charge < -0.3 is 25.4 Å². The fraction of sp³-hybridized carbons (Fsp3) is 0.185. The second-order valence-corrected chi connectivity index (χ2v) is 8.48. The third kappa shape index (κ3) is 5.40. The van der Waals surface area contributed by atoms with Crippen LogP contribution in [0.25, 0.3) is 22.0 Å². The highest BCUT2D eigenvalue weighted by Crippen LogP contribution is 2.32. The van der Waals surface area contributed by atoms with Gasteiger partial charge in [0, 0.05) is 35.9 Å². The first-order valence-corrected chi connectivity index (χ1v) is 11.7. The molecule has 3 heterocycles. The molecule has 37 heavy (non-hydrogen) atoms. The minimum Gasteiger partial charge on any atom is -0.394 e. The molecule has 0 radical (unpaired) electrons. The van der Waals surface area contributed by atoms with Crippen molar-refractivity contribution < 1.29 is 19.0 Å². The van der Waals surface area contributed by atoms with Gasteiger partial charge in [0.1, 0.15) is 11.6 Å². The Bertz CT molecular complexity index is 1450. The first-order valence-electron chi connectivity index (χ1n) is 11.7. The molecule has 10 heteroatoms. The number of hydrogen-bond donors (Lipinski definition) is 3. The molecule has 1 amide bonds. The fourth-order valence-electron chi connectivity index (χ4n) is 4.17. The number of amides is 1. The summed E-state index contributed by atoms with van der Waals surface area (Å²) in [4.78, 5) is 27.3. The molecule has 1 saturated heterocycles. The first kappa shape index (κ1) is 24.3. The Kier molecular flexibility index (Phi) is 7.02. The Hall–Kier alpha value is -4.41. The molecule has 3 N–H and O–H groups in total. The molecule has 2 aromatic carbocycles. The number of aliphatic hydroxyl groups is 1. The normalized spacial score (nSPS) is 15.4. The minimum atomic E-state index is -0.443. The number of pyridine rings is 1. The summed E-state index contributed by atoms with van der Waals surface area (Å²) in [7, 11) is 0. The monoisotopic (exact) mass is 500 g/mol. The maximum absolute atomic E-state index is 15.1. The van der Waals surface area contributed by atoms with Gasteiger partial charge in [0.2, 0.25) is 11.9 Å². The zero-order valence-electron chi connectivity index (χ0n) is 19.9. The number of aromatic nitrogens is 3. The van der Waals surface area contributed by atoms with Crippen molar-refractivity contribution in [1.82, 2.24) is 15.0 Å². The Morgan fingerprint density at radius 3 is 2.86 bits per heavy atom. The largest absolute Gasteiger partial charge is 0.394 e. The van der Waals surface area contributed by atoms with Crippen molar-refractivity contribution in [2.75, 3.05) is 41.8 Å². The third-order valence-corrected chi connectivity index (χ3v) is 5.98. The summed E-state index contributed by atoms with van der Waals surface area (Å²) >= 11 is 0. The highest BCUT2D eigenvalue weighted by Gasteiger charge is 2.21. The Morgan fingerprint density at radius 2 is 2.08 bits per heavy atom. The van der Waals surface area contributed by atoms with Crippen LogP contribution in [0.4, 0.5) is 27.5 Å². The van der Waals surface area contributed by atoms with Gasteiger partial charge in [-0.05, 0) is 48.0 Å². The number of ether oxygens (including phenoxy) is 1. The lowest BCUT2D eigenvalue weighted by molar-refractivity contribution is -0.111. The van der Waals surface area contributed by atoms with Gasteiger partial charge in [0.25, 0.3) is 0 Å². The Balaban J connectivity index is 1.42. The summed E-state index contributed by atoms with van der Waals surface area (Å²) < 4.78 is 20.6. The number of hydrogen-bond acceptors (Lipinski definition) is 8. The molecule has 1 atom stereocenters. The zero-order valence-corrected chi connectivity index (χ0v) is 19.9. The quantitative estimate of drug-likeness (QED) is 0.328. The highest BCUT2D eigenvalue weighted by atomic mass is 19.1. The van der Waals surface area contributed by atoms with Gasteiger partial charge in [-0.2, -0.15) is 0 Å². The molecule has 0 saturated carbocycles. The van der Waals surface area contributed by atoms with Crippen molar-refractivity contribution in [2.24, 2.45) is 0 Å². The number of carbonyl (C=O) groups excluding carboxylic acids is 1. The van der Waals surface area contributed by atoms with E-state index in [0.29, 0.717) is 53.1 Å². The van der Waals surface area contributed by atoms with Crippen molar-refractivity contribution in [2.45, 2.75) is 6.10 Å². The number of rotatable bonds is 7. The number of carbonyl (C=O) groups is 1. The molecule has 9 nitrogen and oxygen atoms in total. The van der Waals surface area contributed by atoms with Crippen molar-refractivity contribution in [3.05, 3.63) is 79.4 Å². The van der Waals surface area contributed by atoms with E-state index in [1.165, 1.54) is 12.1 Å². The molecule has 188 valence electrons. The van der Waals surface area contributed by atoms with Crippen LogP contribution in [-0.2, 0) is 9.53 Å². The maximum Gasteiger partial charge on any atom is 0.247 e. The molecule has 4 aromatic rings. The average molecular weight is 501 g/mol. The average Bonchev–Trinajstić information content (AvgIpc) is 2.93. The summed E-state index contributed by atoms with van der Waals surface area (Å²) in [5, 5.41) is 15.9. The third-order valence-electron chi connectivity index (χ3n) is 5.98. The number of fused-ring (bicyclic) bond motifs is 1. The second-order valence-electron chi connectivity index (χ2n) is 8.48. The van der Waals surface area contributed by atoms with E-state index in [4.69, 9.17) is 4.74 Å².